The number of pyridine rings is 1. The largest absolute Gasteiger partial charge is 0.341 e. The molecule has 0 amide bonds. The van der Waals surface area contributed by atoms with E-state index in [1.165, 1.54) is 4.57 Å². The summed E-state index contributed by atoms with van der Waals surface area (Å²) in [6, 6.07) is 10.0. The topological polar surface area (TPSA) is 49.0 Å². The van der Waals surface area contributed by atoms with Gasteiger partial charge in [-0.2, -0.15) is 5.26 Å². The molecule has 0 atom stereocenters. The van der Waals surface area contributed by atoms with E-state index in [2.05, 4.69) is 0 Å². The Balaban J connectivity index is 2.33. The lowest BCUT2D eigenvalue weighted by Gasteiger charge is -2.30. The standard InChI is InChI=1S/C14H11N3OS/c1-16-8-12-13(9(7-15)14(16)18)17(2)10-5-3-4-6-11(10)19-12/h3-6,8H,1-2H3. The number of para-hydroxylation sites is 1. The summed E-state index contributed by atoms with van der Waals surface area (Å²) in [5.74, 6) is 0. The summed E-state index contributed by atoms with van der Waals surface area (Å²) in [5.41, 5.74) is 1.66. The van der Waals surface area contributed by atoms with E-state index in [4.69, 9.17) is 0 Å². The first-order valence-electron chi connectivity index (χ1n) is 5.78. The molecule has 5 heteroatoms. The third-order valence-electron chi connectivity index (χ3n) is 3.21. The average Bonchev–Trinajstić information content (AvgIpc) is 2.41. The second-order valence-electron chi connectivity index (χ2n) is 4.37. The van der Waals surface area contributed by atoms with Crippen LogP contribution in [0.2, 0.25) is 0 Å². The molecule has 94 valence electrons. The van der Waals surface area contributed by atoms with E-state index < -0.39 is 0 Å². The third kappa shape index (κ3) is 1.65. The molecule has 19 heavy (non-hydrogen) atoms. The molecule has 0 aliphatic carbocycles. The number of anilines is 2. The maximum Gasteiger partial charge on any atom is 0.270 e. The van der Waals surface area contributed by atoms with Crippen LogP contribution in [0.25, 0.3) is 0 Å². The average molecular weight is 269 g/mol. The Morgan fingerprint density at radius 3 is 2.68 bits per heavy atom. The van der Waals surface area contributed by atoms with Gasteiger partial charge in [0.25, 0.3) is 5.56 Å². The lowest BCUT2D eigenvalue weighted by molar-refractivity contribution is 0.829. The van der Waals surface area contributed by atoms with Crippen molar-refractivity contribution in [2.24, 2.45) is 7.05 Å². The minimum atomic E-state index is -0.256. The lowest BCUT2D eigenvalue weighted by Crippen LogP contribution is -2.26. The SMILES string of the molecule is CN1c2ccccc2Sc2cn(C)c(=O)c(C#N)c21. The molecule has 0 fully saturated rings. The Hall–Kier alpha value is -2.19. The highest BCUT2D eigenvalue weighted by molar-refractivity contribution is 7.99. The van der Waals surface area contributed by atoms with Crippen LogP contribution in [0.15, 0.2) is 45.0 Å². The van der Waals surface area contributed by atoms with Gasteiger partial charge in [-0.05, 0) is 12.1 Å². The van der Waals surface area contributed by atoms with Crippen LogP contribution < -0.4 is 10.5 Å². The summed E-state index contributed by atoms with van der Waals surface area (Å²) >= 11 is 1.59. The van der Waals surface area contributed by atoms with Crippen LogP contribution in [0, 0.1) is 11.3 Å². The van der Waals surface area contributed by atoms with Crippen molar-refractivity contribution in [2.75, 3.05) is 11.9 Å². The predicted octanol–water partition coefficient (Wildman–Crippen LogP) is 2.49. The van der Waals surface area contributed by atoms with Gasteiger partial charge in [-0.1, -0.05) is 23.9 Å². The van der Waals surface area contributed by atoms with Gasteiger partial charge in [0.2, 0.25) is 0 Å². The molecule has 1 aromatic heterocycles. The smallest absolute Gasteiger partial charge is 0.270 e. The zero-order valence-electron chi connectivity index (χ0n) is 10.5. The van der Waals surface area contributed by atoms with Gasteiger partial charge in [0.15, 0.2) is 0 Å². The molecule has 0 N–H and O–H groups in total. The molecule has 2 heterocycles. The van der Waals surface area contributed by atoms with E-state index in [-0.39, 0.29) is 11.1 Å². The summed E-state index contributed by atoms with van der Waals surface area (Å²) in [6.07, 6.45) is 1.79. The first-order chi connectivity index (χ1) is 9.13. The summed E-state index contributed by atoms with van der Waals surface area (Å²) in [7, 11) is 3.56. The Labute approximate surface area is 114 Å². The van der Waals surface area contributed by atoms with Crippen LogP contribution in [0.1, 0.15) is 5.56 Å². The monoisotopic (exact) mass is 269 g/mol. The number of nitrogens with zero attached hydrogens (tertiary/aromatic N) is 3. The predicted molar refractivity (Wildman–Crippen MR) is 75.0 cm³/mol. The number of aryl methyl sites for hydroxylation is 1. The van der Waals surface area contributed by atoms with Crippen molar-refractivity contribution in [3.8, 4) is 6.07 Å². The van der Waals surface area contributed by atoms with E-state index >= 15 is 0 Å². The minimum Gasteiger partial charge on any atom is -0.341 e. The Kier molecular flexibility index (Phi) is 2.61. The van der Waals surface area contributed by atoms with Crippen molar-refractivity contribution >= 4 is 23.1 Å². The quantitative estimate of drug-likeness (QED) is 0.737. The molecule has 4 nitrogen and oxygen atoms in total. The molecule has 0 unspecified atom stereocenters. The van der Waals surface area contributed by atoms with Crippen molar-refractivity contribution in [3.63, 3.8) is 0 Å². The maximum absolute atomic E-state index is 12.0. The van der Waals surface area contributed by atoms with Crippen molar-refractivity contribution in [1.29, 1.82) is 5.26 Å². The van der Waals surface area contributed by atoms with Gasteiger partial charge in [-0.15, -0.1) is 0 Å². The van der Waals surface area contributed by atoms with Crippen molar-refractivity contribution in [3.05, 3.63) is 46.4 Å². The zero-order chi connectivity index (χ0) is 13.6. The molecular formula is C14H11N3OS. The van der Waals surface area contributed by atoms with E-state index in [1.807, 2.05) is 42.3 Å². The van der Waals surface area contributed by atoms with Gasteiger partial charge in [0.05, 0.1) is 16.3 Å². The molecular weight excluding hydrogens is 258 g/mol. The number of benzene rings is 1. The van der Waals surface area contributed by atoms with Crippen LogP contribution in [-0.4, -0.2) is 11.6 Å². The molecule has 0 spiro atoms. The van der Waals surface area contributed by atoms with E-state index in [1.54, 1.807) is 25.0 Å². The number of nitriles is 1. The summed E-state index contributed by atoms with van der Waals surface area (Å²) in [4.78, 5) is 16.0. The summed E-state index contributed by atoms with van der Waals surface area (Å²) in [5, 5.41) is 9.27. The van der Waals surface area contributed by atoms with Gasteiger partial charge >= 0.3 is 0 Å². The summed E-state index contributed by atoms with van der Waals surface area (Å²) < 4.78 is 1.46. The Bertz CT molecular complexity index is 773. The molecule has 3 rings (SSSR count). The van der Waals surface area contributed by atoms with E-state index in [0.717, 1.165) is 15.5 Å². The van der Waals surface area contributed by atoms with E-state index in [9.17, 15) is 10.1 Å². The van der Waals surface area contributed by atoms with Gasteiger partial charge < -0.3 is 9.47 Å². The number of fused-ring (bicyclic) bond motifs is 2. The fourth-order valence-electron chi connectivity index (χ4n) is 2.26. The number of hydrogen-bond donors (Lipinski definition) is 0. The van der Waals surface area contributed by atoms with Gasteiger partial charge in [-0.3, -0.25) is 4.79 Å². The first-order valence-corrected chi connectivity index (χ1v) is 6.59. The van der Waals surface area contributed by atoms with Crippen LogP contribution in [0.5, 0.6) is 0 Å². The van der Waals surface area contributed by atoms with Gasteiger partial charge in [0.1, 0.15) is 11.6 Å². The highest BCUT2D eigenvalue weighted by Gasteiger charge is 2.25. The molecule has 2 aromatic rings. The van der Waals surface area contributed by atoms with Crippen LogP contribution in [0.4, 0.5) is 11.4 Å². The van der Waals surface area contributed by atoms with Crippen LogP contribution >= 0.6 is 11.8 Å². The number of aromatic nitrogens is 1. The first kappa shape index (κ1) is 11.9. The molecule has 0 saturated heterocycles. The van der Waals surface area contributed by atoms with Crippen molar-refractivity contribution in [1.82, 2.24) is 4.57 Å². The Morgan fingerprint density at radius 1 is 1.21 bits per heavy atom. The van der Waals surface area contributed by atoms with Crippen molar-refractivity contribution < 1.29 is 0 Å². The fourth-order valence-corrected chi connectivity index (χ4v) is 3.50. The molecule has 0 saturated carbocycles. The number of hydrogen-bond acceptors (Lipinski definition) is 4. The fraction of sp³-hybridized carbons (Fsp3) is 0.143. The van der Waals surface area contributed by atoms with E-state index in [0.29, 0.717) is 5.69 Å². The van der Waals surface area contributed by atoms with Gasteiger partial charge in [-0.25, -0.2) is 0 Å². The second-order valence-corrected chi connectivity index (χ2v) is 5.46. The minimum absolute atomic E-state index is 0.199. The highest BCUT2D eigenvalue weighted by atomic mass is 32.2. The second kappa shape index (κ2) is 4.18. The molecule has 1 aliphatic rings. The normalized spacial score (nSPS) is 12.6. The molecule has 0 bridgehead atoms. The van der Waals surface area contributed by atoms with Crippen LogP contribution in [-0.2, 0) is 7.05 Å². The third-order valence-corrected chi connectivity index (χ3v) is 4.29. The number of rotatable bonds is 0. The van der Waals surface area contributed by atoms with Gasteiger partial charge in [0, 0.05) is 25.2 Å². The zero-order valence-corrected chi connectivity index (χ0v) is 11.4. The molecule has 1 aliphatic heterocycles. The molecule has 1 aromatic carbocycles. The van der Waals surface area contributed by atoms with Crippen molar-refractivity contribution in [2.45, 2.75) is 9.79 Å². The Morgan fingerprint density at radius 2 is 1.95 bits per heavy atom. The highest BCUT2D eigenvalue weighted by Crippen LogP contribution is 2.47. The molecule has 0 radical (unpaired) electrons. The lowest BCUT2D eigenvalue weighted by atomic mass is 10.2. The maximum atomic E-state index is 12.0. The summed E-state index contributed by atoms with van der Waals surface area (Å²) in [6.45, 7) is 0. The van der Waals surface area contributed by atoms with Crippen LogP contribution in [0.3, 0.4) is 0 Å².